The van der Waals surface area contributed by atoms with Crippen molar-refractivity contribution < 1.29 is 83.6 Å². The van der Waals surface area contributed by atoms with Crippen LogP contribution < -0.4 is 78.8 Å². The number of hydrogen-bond acceptors (Lipinski definition) is 5. The van der Waals surface area contributed by atoms with E-state index in [1.165, 1.54) is 0 Å². The van der Waals surface area contributed by atoms with Crippen molar-refractivity contribution >= 4 is 5.97 Å². The van der Waals surface area contributed by atoms with Crippen LogP contribution in [0.1, 0.15) is 38.3 Å². The van der Waals surface area contributed by atoms with E-state index in [9.17, 15) is 15.0 Å². The van der Waals surface area contributed by atoms with Crippen molar-refractivity contribution in [1.82, 2.24) is 0 Å². The summed E-state index contributed by atoms with van der Waals surface area (Å²) in [7, 11) is 0. The number of hydrogen-bond donors (Lipinski definition) is 0. The molecule has 0 amide bonds. The maximum atomic E-state index is 12.7. The van der Waals surface area contributed by atoms with Gasteiger partial charge in [-0.25, -0.2) is 0 Å². The summed E-state index contributed by atoms with van der Waals surface area (Å²) in [6.07, 6.45) is 1.62. The first-order valence-electron chi connectivity index (χ1n) is 12.6. The van der Waals surface area contributed by atoms with Gasteiger partial charge in [0.15, 0.2) is 0 Å². The second kappa shape index (κ2) is 18.2. The van der Waals surface area contributed by atoms with E-state index in [0.717, 1.165) is 34.2 Å². The first-order chi connectivity index (χ1) is 18.0. The van der Waals surface area contributed by atoms with Gasteiger partial charge >= 0.3 is 59.1 Å². The van der Waals surface area contributed by atoms with Gasteiger partial charge in [0.2, 0.25) is 0 Å². The largest absolute Gasteiger partial charge is 1.00 e. The molecule has 7 heteroatoms. The zero-order valence-electron chi connectivity index (χ0n) is 22.9. The average Bonchev–Trinajstić information content (AvgIpc) is 2.93. The first kappa shape index (κ1) is 35.8. The molecule has 0 radical (unpaired) electrons. The van der Waals surface area contributed by atoms with Crippen molar-refractivity contribution in [3.05, 3.63) is 102 Å². The molecule has 0 saturated carbocycles. The van der Waals surface area contributed by atoms with Crippen molar-refractivity contribution in [3.8, 4) is 39.5 Å². The fourth-order valence-corrected chi connectivity index (χ4v) is 4.23. The number of benzene rings is 4. The summed E-state index contributed by atoms with van der Waals surface area (Å²) >= 11 is 0. The Bertz CT molecular complexity index is 1330. The van der Waals surface area contributed by atoms with Crippen LogP contribution in [-0.4, -0.2) is 19.2 Å². The number of ether oxygens (including phenoxy) is 2. The van der Waals surface area contributed by atoms with Crippen LogP contribution in [0.2, 0.25) is 0 Å². The summed E-state index contributed by atoms with van der Waals surface area (Å²) in [4.78, 5) is 11.0. The normalized spacial score (nSPS) is 9.93. The third-order valence-corrected chi connectivity index (χ3v) is 6.20. The van der Waals surface area contributed by atoms with Gasteiger partial charge in [0, 0.05) is 12.4 Å². The van der Waals surface area contributed by atoms with Crippen molar-refractivity contribution in [1.29, 1.82) is 0 Å². The summed E-state index contributed by atoms with van der Waals surface area (Å²) < 4.78 is 12.0. The summed E-state index contributed by atoms with van der Waals surface area (Å²) in [6, 6.07) is 28.9. The molecule has 0 bridgehead atoms. The molecule has 0 aliphatic heterocycles. The number of aliphatic carboxylic acids is 1. The molecule has 4 aromatic carbocycles. The predicted octanol–water partition coefficient (Wildman–Crippen LogP) is -0.169. The Morgan fingerprint density at radius 1 is 0.725 bits per heavy atom. The third-order valence-electron chi connectivity index (χ3n) is 6.20. The Morgan fingerprint density at radius 3 is 1.88 bits per heavy atom. The van der Waals surface area contributed by atoms with Crippen LogP contribution in [-0.2, 0) is 17.6 Å². The van der Waals surface area contributed by atoms with Crippen molar-refractivity contribution in [2.45, 2.75) is 40.0 Å². The molecule has 5 nitrogen and oxygen atoms in total. The Morgan fingerprint density at radius 2 is 1.30 bits per heavy atom. The summed E-state index contributed by atoms with van der Waals surface area (Å²) in [6.45, 7) is 2.83. The van der Waals surface area contributed by atoms with Gasteiger partial charge in [-0.3, -0.25) is 0 Å². The molecule has 198 valence electrons. The fraction of sp³-hybridized carbons (Fsp3) is 0.242. The predicted molar refractivity (Wildman–Crippen MR) is 148 cm³/mol. The summed E-state index contributed by atoms with van der Waals surface area (Å²) in [5, 5.41) is 23.7. The molecule has 0 aliphatic rings. The molecule has 0 aliphatic carbocycles. The number of rotatable bonds is 12. The Hall–Kier alpha value is -2.25. The smallest absolute Gasteiger partial charge is 0.872 e. The van der Waals surface area contributed by atoms with E-state index in [-0.39, 0.29) is 78.7 Å². The Kier molecular flexibility index (Phi) is 16.3. The van der Waals surface area contributed by atoms with Gasteiger partial charge in [-0.1, -0.05) is 92.9 Å². The van der Waals surface area contributed by atoms with Gasteiger partial charge in [-0.15, -0.1) is 0 Å². The monoisotopic (exact) mass is 556 g/mol. The van der Waals surface area contributed by atoms with E-state index in [1.54, 1.807) is 6.07 Å². The number of aryl methyl sites for hydroxylation is 2. The topological polar surface area (TPSA) is 81.6 Å². The first-order valence-corrected chi connectivity index (χ1v) is 12.6. The molecule has 0 N–H and O–H groups in total. The number of carbonyl (C=O) groups excluding carboxylic acids is 1. The van der Waals surface area contributed by atoms with Crippen LogP contribution in [0.3, 0.4) is 0 Å². The van der Waals surface area contributed by atoms with Crippen molar-refractivity contribution in [2.75, 3.05) is 13.2 Å². The van der Waals surface area contributed by atoms with Crippen LogP contribution in [0.25, 0.3) is 22.3 Å². The Labute approximate surface area is 282 Å². The maximum absolute atomic E-state index is 12.7. The molecule has 0 unspecified atom stereocenters. The number of carbonyl (C=O) groups is 1. The van der Waals surface area contributed by atoms with Gasteiger partial charge in [0.05, 0.1) is 13.2 Å². The van der Waals surface area contributed by atoms with Crippen LogP contribution in [0.5, 0.6) is 17.2 Å². The second-order valence-corrected chi connectivity index (χ2v) is 8.79. The minimum Gasteiger partial charge on any atom is -0.872 e. The standard InChI is InChI=1S/C32H32O5.CH4.2Na/c1-2-23-20-28(25-12-7-4-8-13-25)29(33)22-31(23)37-19-9-18-36-30-21-27(24-10-5-3-6-11-24)15-14-26(30)16-17-32(34)35;;;/h3-8,10-15,20-22,33H,2,9,16-19H2,1H3,(H,34,35);1H4;;/q;;2*+1/p-2. The molecular formula is C33H34Na2O5. The minimum absolute atomic E-state index is 0. The van der Waals surface area contributed by atoms with Crippen LogP contribution in [0.4, 0.5) is 0 Å². The van der Waals surface area contributed by atoms with E-state index in [1.807, 2.05) is 91.9 Å². The summed E-state index contributed by atoms with van der Waals surface area (Å²) in [5.74, 6) is 0.109. The van der Waals surface area contributed by atoms with E-state index in [4.69, 9.17) is 9.47 Å². The van der Waals surface area contributed by atoms with Crippen LogP contribution in [0, 0.1) is 0 Å². The van der Waals surface area contributed by atoms with Gasteiger partial charge in [-0.2, -0.15) is 0 Å². The number of carboxylic acid groups (broad SMARTS) is 1. The molecule has 4 rings (SSSR count). The molecule has 0 aromatic heterocycles. The minimum atomic E-state index is -1.09. The third kappa shape index (κ3) is 9.99. The van der Waals surface area contributed by atoms with E-state index in [0.29, 0.717) is 43.1 Å². The van der Waals surface area contributed by atoms with E-state index < -0.39 is 5.97 Å². The maximum Gasteiger partial charge on any atom is 1.00 e. The summed E-state index contributed by atoms with van der Waals surface area (Å²) in [5.41, 5.74) is 5.44. The fourth-order valence-electron chi connectivity index (χ4n) is 4.23. The molecule has 0 spiro atoms. The van der Waals surface area contributed by atoms with Gasteiger partial charge in [0.25, 0.3) is 0 Å². The zero-order valence-corrected chi connectivity index (χ0v) is 26.9. The molecule has 4 aromatic rings. The van der Waals surface area contributed by atoms with E-state index >= 15 is 0 Å². The van der Waals surface area contributed by atoms with Crippen LogP contribution in [0.15, 0.2) is 91.0 Å². The SMILES string of the molecule is C.CCc1cc(-c2ccccc2)c([O-])cc1OCCCOc1cc(-c2ccccc2)ccc1CCC(=O)[O-].[Na+].[Na+]. The molecule has 0 atom stereocenters. The molecule has 0 saturated heterocycles. The van der Waals surface area contributed by atoms with Crippen molar-refractivity contribution in [2.24, 2.45) is 0 Å². The van der Waals surface area contributed by atoms with Gasteiger partial charge in [0.1, 0.15) is 11.5 Å². The van der Waals surface area contributed by atoms with E-state index in [2.05, 4.69) is 0 Å². The van der Waals surface area contributed by atoms with Crippen molar-refractivity contribution in [3.63, 3.8) is 0 Å². The second-order valence-electron chi connectivity index (χ2n) is 8.79. The van der Waals surface area contributed by atoms with Gasteiger partial charge < -0.3 is 24.5 Å². The average molecular weight is 557 g/mol. The van der Waals surface area contributed by atoms with Crippen LogP contribution >= 0.6 is 0 Å². The Balaban J connectivity index is 0.00000267. The zero-order chi connectivity index (χ0) is 26.0. The molecule has 40 heavy (non-hydrogen) atoms. The molecule has 0 heterocycles. The van der Waals surface area contributed by atoms with Gasteiger partial charge in [-0.05, 0) is 70.8 Å². The molecular weight excluding hydrogens is 522 g/mol. The molecule has 0 fully saturated rings. The number of carboxylic acids is 1. The quantitative estimate of drug-likeness (QED) is 0.179.